The number of nitrogens with zero attached hydrogens (tertiary/aromatic N) is 1. The molecule has 5 N–H and O–H groups in total. The van der Waals surface area contributed by atoms with Crippen molar-refractivity contribution in [3.05, 3.63) is 33.9 Å². The van der Waals surface area contributed by atoms with Crippen molar-refractivity contribution >= 4 is 23.0 Å². The Morgan fingerprint density at radius 1 is 1.53 bits per heavy atom. The zero-order chi connectivity index (χ0) is 11.1. The smallest absolute Gasteiger partial charge is 0.274 e. The SMILES string of the molecule is CCCl.Cc1ccc(N)cc1[N+](=O)[O-].N. The highest BCUT2D eigenvalue weighted by molar-refractivity contribution is 6.17. The lowest BCUT2D eigenvalue weighted by molar-refractivity contribution is -0.385. The molecule has 0 aromatic heterocycles. The Balaban J connectivity index is 0. The molecule has 0 bridgehead atoms. The van der Waals surface area contributed by atoms with E-state index < -0.39 is 4.92 Å². The summed E-state index contributed by atoms with van der Waals surface area (Å²) in [5.74, 6) is 0.722. The van der Waals surface area contributed by atoms with Gasteiger partial charge in [0, 0.05) is 23.2 Å². The molecule has 1 aromatic rings. The molecule has 0 atom stereocenters. The number of rotatable bonds is 1. The molecule has 1 rings (SSSR count). The van der Waals surface area contributed by atoms with Crippen LogP contribution < -0.4 is 11.9 Å². The first-order valence-corrected chi connectivity index (χ1v) is 4.62. The van der Waals surface area contributed by atoms with E-state index >= 15 is 0 Å². The Labute approximate surface area is 94.0 Å². The third-order valence-corrected chi connectivity index (χ3v) is 1.43. The van der Waals surface area contributed by atoms with Crippen molar-refractivity contribution in [3.8, 4) is 0 Å². The van der Waals surface area contributed by atoms with Crippen molar-refractivity contribution in [1.82, 2.24) is 6.15 Å². The molecule has 0 aliphatic rings. The number of nitrogen functional groups attached to an aromatic ring is 1. The number of nitrogens with two attached hydrogens (primary N) is 1. The lowest BCUT2D eigenvalue weighted by Crippen LogP contribution is -1.93. The van der Waals surface area contributed by atoms with Crippen LogP contribution in [0, 0.1) is 17.0 Å². The molecular formula is C9H16ClN3O2. The third-order valence-electron chi connectivity index (χ3n) is 1.43. The number of hydrogen-bond acceptors (Lipinski definition) is 4. The van der Waals surface area contributed by atoms with E-state index in [0.29, 0.717) is 11.3 Å². The van der Waals surface area contributed by atoms with Gasteiger partial charge in [-0.25, -0.2) is 0 Å². The summed E-state index contributed by atoms with van der Waals surface area (Å²) in [5, 5.41) is 10.3. The van der Waals surface area contributed by atoms with Gasteiger partial charge in [-0.05, 0) is 13.0 Å². The van der Waals surface area contributed by atoms with Gasteiger partial charge in [-0.2, -0.15) is 0 Å². The van der Waals surface area contributed by atoms with Gasteiger partial charge in [0.05, 0.1) is 4.92 Å². The molecule has 0 heterocycles. The maximum atomic E-state index is 10.3. The number of benzene rings is 1. The van der Waals surface area contributed by atoms with Gasteiger partial charge in [0.1, 0.15) is 0 Å². The minimum atomic E-state index is -0.439. The van der Waals surface area contributed by atoms with Crippen molar-refractivity contribution < 1.29 is 4.92 Å². The van der Waals surface area contributed by atoms with Crippen LogP contribution in [0.15, 0.2) is 18.2 Å². The summed E-state index contributed by atoms with van der Waals surface area (Å²) in [4.78, 5) is 9.89. The van der Waals surface area contributed by atoms with Gasteiger partial charge < -0.3 is 11.9 Å². The normalized spacial score (nSPS) is 8.20. The fraction of sp³-hybridized carbons (Fsp3) is 0.333. The number of aryl methyl sites for hydroxylation is 1. The topological polar surface area (TPSA) is 104 Å². The summed E-state index contributed by atoms with van der Waals surface area (Å²) in [6.45, 7) is 3.57. The molecule has 0 radical (unpaired) electrons. The number of anilines is 1. The maximum absolute atomic E-state index is 10.3. The molecule has 6 heteroatoms. The van der Waals surface area contributed by atoms with Gasteiger partial charge in [-0.1, -0.05) is 13.0 Å². The van der Waals surface area contributed by atoms with Gasteiger partial charge >= 0.3 is 0 Å². The van der Waals surface area contributed by atoms with Gasteiger partial charge in [0.15, 0.2) is 0 Å². The first kappa shape index (κ1) is 16.1. The van der Waals surface area contributed by atoms with Crippen molar-refractivity contribution in [2.75, 3.05) is 11.6 Å². The van der Waals surface area contributed by atoms with Gasteiger partial charge in [0.2, 0.25) is 0 Å². The Morgan fingerprint density at radius 2 is 2.00 bits per heavy atom. The first-order chi connectivity index (χ1) is 6.52. The summed E-state index contributed by atoms with van der Waals surface area (Å²) in [5.41, 5.74) is 6.48. The molecule has 15 heavy (non-hydrogen) atoms. The van der Waals surface area contributed by atoms with Crippen LogP contribution in [0.1, 0.15) is 12.5 Å². The van der Waals surface area contributed by atoms with Crippen LogP contribution >= 0.6 is 11.6 Å². The molecule has 86 valence electrons. The van der Waals surface area contributed by atoms with E-state index in [1.54, 1.807) is 19.1 Å². The van der Waals surface area contributed by atoms with Crippen molar-refractivity contribution in [2.24, 2.45) is 0 Å². The average Bonchev–Trinajstić information content (AvgIpc) is 2.10. The zero-order valence-corrected chi connectivity index (χ0v) is 9.62. The van der Waals surface area contributed by atoms with Crippen LogP contribution in [0.4, 0.5) is 11.4 Å². The highest BCUT2D eigenvalue weighted by atomic mass is 35.5. The highest BCUT2D eigenvalue weighted by Gasteiger charge is 2.08. The average molecular weight is 234 g/mol. The van der Waals surface area contributed by atoms with Crippen LogP contribution in [0.5, 0.6) is 0 Å². The molecule has 0 amide bonds. The van der Waals surface area contributed by atoms with Crippen LogP contribution in [0.25, 0.3) is 0 Å². The Kier molecular flexibility index (Phi) is 8.61. The number of nitro groups is 1. The molecule has 0 saturated carbocycles. The second-order valence-corrected chi connectivity index (χ2v) is 3.10. The van der Waals surface area contributed by atoms with E-state index in [-0.39, 0.29) is 11.8 Å². The van der Waals surface area contributed by atoms with Gasteiger partial charge in [0.25, 0.3) is 5.69 Å². The number of alkyl halides is 1. The molecule has 5 nitrogen and oxygen atoms in total. The van der Waals surface area contributed by atoms with E-state index in [2.05, 4.69) is 0 Å². The number of nitro benzene ring substituents is 1. The second-order valence-electron chi connectivity index (χ2n) is 2.57. The third kappa shape index (κ3) is 5.87. The summed E-state index contributed by atoms with van der Waals surface area (Å²) in [7, 11) is 0. The minimum absolute atomic E-state index is 0. The lowest BCUT2D eigenvalue weighted by Gasteiger charge is -1.96. The number of hydrogen-bond donors (Lipinski definition) is 2. The van der Waals surface area contributed by atoms with Crippen molar-refractivity contribution in [2.45, 2.75) is 13.8 Å². The van der Waals surface area contributed by atoms with E-state index in [1.807, 2.05) is 6.92 Å². The van der Waals surface area contributed by atoms with Crippen molar-refractivity contribution in [1.29, 1.82) is 0 Å². The Hall–Kier alpha value is -1.33. The fourth-order valence-electron chi connectivity index (χ4n) is 0.823. The van der Waals surface area contributed by atoms with E-state index in [0.717, 1.165) is 5.88 Å². The van der Waals surface area contributed by atoms with E-state index in [9.17, 15) is 10.1 Å². The fourth-order valence-corrected chi connectivity index (χ4v) is 0.823. The molecule has 0 aliphatic carbocycles. The Morgan fingerprint density at radius 3 is 2.33 bits per heavy atom. The van der Waals surface area contributed by atoms with E-state index in [4.69, 9.17) is 17.3 Å². The van der Waals surface area contributed by atoms with Crippen molar-refractivity contribution in [3.63, 3.8) is 0 Å². The van der Waals surface area contributed by atoms with Gasteiger partial charge in [-0.15, -0.1) is 11.6 Å². The summed E-state index contributed by atoms with van der Waals surface area (Å²) >= 11 is 5.00. The van der Waals surface area contributed by atoms with Gasteiger partial charge in [-0.3, -0.25) is 10.1 Å². The minimum Gasteiger partial charge on any atom is -0.399 e. The summed E-state index contributed by atoms with van der Waals surface area (Å²) in [6, 6.07) is 4.63. The highest BCUT2D eigenvalue weighted by Crippen LogP contribution is 2.19. The molecule has 0 unspecified atom stereocenters. The molecular weight excluding hydrogens is 218 g/mol. The van der Waals surface area contributed by atoms with Crippen LogP contribution in [-0.2, 0) is 0 Å². The molecule has 0 saturated heterocycles. The summed E-state index contributed by atoms with van der Waals surface area (Å²) < 4.78 is 0. The quantitative estimate of drug-likeness (QED) is 0.337. The lowest BCUT2D eigenvalue weighted by atomic mass is 10.2. The van der Waals surface area contributed by atoms with Crippen LogP contribution in [0.3, 0.4) is 0 Å². The molecule has 0 aliphatic heterocycles. The predicted octanol–water partition coefficient (Wildman–Crippen LogP) is 2.89. The van der Waals surface area contributed by atoms with Crippen LogP contribution in [0.2, 0.25) is 0 Å². The predicted molar refractivity (Wildman–Crippen MR) is 63.7 cm³/mol. The Bertz CT molecular complexity index is 318. The maximum Gasteiger partial charge on any atom is 0.274 e. The summed E-state index contributed by atoms with van der Waals surface area (Å²) in [6.07, 6.45) is 0. The van der Waals surface area contributed by atoms with Crippen LogP contribution in [-0.4, -0.2) is 10.8 Å². The molecule has 1 aromatic carbocycles. The largest absolute Gasteiger partial charge is 0.399 e. The molecule has 0 spiro atoms. The number of halogens is 1. The molecule has 0 fully saturated rings. The van der Waals surface area contributed by atoms with E-state index in [1.165, 1.54) is 6.07 Å². The zero-order valence-electron chi connectivity index (χ0n) is 8.87. The second kappa shape index (κ2) is 8.02. The standard InChI is InChI=1S/C7H8N2O2.C2H5Cl.H3N/c1-5-2-3-6(8)4-7(5)9(10)11;1-2-3;/h2-4H,8H2,1H3;2H2,1H3;1H3. The first-order valence-electron chi connectivity index (χ1n) is 4.09. The monoisotopic (exact) mass is 233 g/mol.